The monoisotopic (exact) mass is 352 g/mol. The van der Waals surface area contributed by atoms with Gasteiger partial charge in [0, 0.05) is 12.8 Å². The van der Waals surface area contributed by atoms with Crippen LogP contribution in [-0.2, 0) is 31.2 Å². The van der Waals surface area contributed by atoms with Crippen molar-refractivity contribution in [2.24, 2.45) is 0 Å². The van der Waals surface area contributed by atoms with Crippen molar-refractivity contribution in [3.63, 3.8) is 0 Å². The topological polar surface area (TPSA) is 52.6 Å². The maximum absolute atomic E-state index is 13.2. The summed E-state index contributed by atoms with van der Waals surface area (Å²) < 4.78 is 82.0. The zero-order valence-corrected chi connectivity index (χ0v) is 12.5. The first kappa shape index (κ1) is 16.3. The minimum atomic E-state index is -5.66. The van der Waals surface area contributed by atoms with Gasteiger partial charge in [-0.05, 0) is 35.8 Å². The SMILES string of the molecule is O=S(=O)(OC1=CCC2(CC1)OCc1cc(F)ccc12)C(F)(F)F. The van der Waals surface area contributed by atoms with Crippen molar-refractivity contribution in [3.05, 3.63) is 47.0 Å². The van der Waals surface area contributed by atoms with Crippen LogP contribution in [0.4, 0.5) is 17.6 Å². The number of fused-ring (bicyclic) bond motifs is 2. The Hall–Kier alpha value is -1.61. The van der Waals surface area contributed by atoms with E-state index in [4.69, 9.17) is 4.74 Å². The van der Waals surface area contributed by atoms with Gasteiger partial charge in [-0.25, -0.2) is 4.39 Å². The van der Waals surface area contributed by atoms with Gasteiger partial charge in [-0.1, -0.05) is 6.07 Å². The minimum absolute atomic E-state index is 0.0217. The van der Waals surface area contributed by atoms with Crippen molar-refractivity contribution in [2.75, 3.05) is 0 Å². The minimum Gasteiger partial charge on any atom is -0.381 e. The predicted octanol–water partition coefficient (Wildman–Crippen LogP) is 3.49. The Labute approximate surface area is 129 Å². The fraction of sp³-hybridized carbons (Fsp3) is 0.429. The van der Waals surface area contributed by atoms with Crippen molar-refractivity contribution in [1.82, 2.24) is 0 Å². The van der Waals surface area contributed by atoms with E-state index in [-0.39, 0.29) is 31.6 Å². The molecule has 1 aliphatic carbocycles. The predicted molar refractivity (Wildman–Crippen MR) is 70.9 cm³/mol. The molecule has 9 heteroatoms. The standard InChI is InChI=1S/C14H12F4O4S/c15-10-1-2-12-9(7-10)8-21-13(12)5-3-11(4-6-13)22-23(19,20)14(16,17)18/h1-3,7H,4-6,8H2. The third-order valence-corrected chi connectivity index (χ3v) is 5.00. The van der Waals surface area contributed by atoms with E-state index < -0.39 is 27.0 Å². The molecule has 0 aromatic heterocycles. The van der Waals surface area contributed by atoms with E-state index in [0.717, 1.165) is 5.56 Å². The highest BCUT2D eigenvalue weighted by Gasteiger charge is 2.49. The number of ether oxygens (including phenoxy) is 1. The number of rotatable bonds is 2. The lowest BCUT2D eigenvalue weighted by atomic mass is 9.82. The summed E-state index contributed by atoms with van der Waals surface area (Å²) in [5.41, 5.74) is -4.77. The average molecular weight is 352 g/mol. The fourth-order valence-corrected chi connectivity index (χ4v) is 3.40. The van der Waals surface area contributed by atoms with Crippen molar-refractivity contribution in [1.29, 1.82) is 0 Å². The van der Waals surface area contributed by atoms with Gasteiger partial charge in [0.2, 0.25) is 0 Å². The molecule has 1 aliphatic heterocycles. The number of allylic oxidation sites excluding steroid dienone is 1. The van der Waals surface area contributed by atoms with Gasteiger partial charge in [0.15, 0.2) is 0 Å². The van der Waals surface area contributed by atoms with E-state index >= 15 is 0 Å². The third kappa shape index (κ3) is 2.83. The quantitative estimate of drug-likeness (QED) is 0.465. The van der Waals surface area contributed by atoms with Crippen LogP contribution in [0.25, 0.3) is 0 Å². The summed E-state index contributed by atoms with van der Waals surface area (Å²) in [6.07, 6.45) is 1.68. The molecular weight excluding hydrogens is 340 g/mol. The molecule has 0 saturated carbocycles. The maximum atomic E-state index is 13.2. The Kier molecular flexibility index (Phi) is 3.68. The van der Waals surface area contributed by atoms with Crippen molar-refractivity contribution in [2.45, 2.75) is 37.0 Å². The molecule has 1 aromatic carbocycles. The second-order valence-electron chi connectivity index (χ2n) is 5.44. The summed E-state index contributed by atoms with van der Waals surface area (Å²) in [7, 11) is -5.66. The molecule has 126 valence electrons. The van der Waals surface area contributed by atoms with Gasteiger partial charge >= 0.3 is 15.6 Å². The number of hydrogen-bond donors (Lipinski definition) is 0. The average Bonchev–Trinajstić information content (AvgIpc) is 2.78. The van der Waals surface area contributed by atoms with Crippen LogP contribution in [0.2, 0.25) is 0 Å². The van der Waals surface area contributed by atoms with Crippen LogP contribution >= 0.6 is 0 Å². The van der Waals surface area contributed by atoms with Crippen LogP contribution in [0.1, 0.15) is 30.4 Å². The molecule has 1 unspecified atom stereocenters. The molecule has 1 heterocycles. The first-order chi connectivity index (χ1) is 10.6. The second-order valence-corrected chi connectivity index (χ2v) is 6.98. The van der Waals surface area contributed by atoms with E-state index in [1.807, 2.05) is 0 Å². The second kappa shape index (κ2) is 5.20. The van der Waals surface area contributed by atoms with Crippen LogP contribution < -0.4 is 0 Å². The third-order valence-electron chi connectivity index (χ3n) is 4.00. The number of benzene rings is 1. The van der Waals surface area contributed by atoms with E-state index in [9.17, 15) is 26.0 Å². The summed E-state index contributed by atoms with van der Waals surface area (Å²) >= 11 is 0. The van der Waals surface area contributed by atoms with Crippen molar-refractivity contribution < 1.29 is 34.9 Å². The molecule has 0 saturated heterocycles. The van der Waals surface area contributed by atoms with Gasteiger partial charge in [0.25, 0.3) is 0 Å². The van der Waals surface area contributed by atoms with Crippen LogP contribution in [0.3, 0.4) is 0 Å². The molecule has 0 bridgehead atoms. The summed E-state index contributed by atoms with van der Waals surface area (Å²) in [6.45, 7) is 0.206. The molecule has 1 spiro atoms. The zero-order chi connectivity index (χ0) is 16.9. The summed E-state index contributed by atoms with van der Waals surface area (Å²) in [6, 6.07) is 4.23. The van der Waals surface area contributed by atoms with Crippen LogP contribution in [0.15, 0.2) is 30.0 Å². The fourth-order valence-electron chi connectivity index (χ4n) is 2.87. The summed E-state index contributed by atoms with van der Waals surface area (Å²) in [5.74, 6) is -0.650. The summed E-state index contributed by atoms with van der Waals surface area (Å²) in [5, 5.41) is 0. The molecule has 3 rings (SSSR count). The van der Waals surface area contributed by atoms with Gasteiger partial charge < -0.3 is 8.92 Å². The van der Waals surface area contributed by atoms with Crippen molar-refractivity contribution >= 4 is 10.1 Å². The molecule has 1 aromatic rings. The number of halogens is 4. The highest BCUT2D eigenvalue weighted by atomic mass is 32.2. The van der Waals surface area contributed by atoms with Crippen LogP contribution in [0.5, 0.6) is 0 Å². The van der Waals surface area contributed by atoms with Crippen molar-refractivity contribution in [3.8, 4) is 0 Å². The van der Waals surface area contributed by atoms with Crippen LogP contribution in [0, 0.1) is 5.82 Å². The largest absolute Gasteiger partial charge is 0.534 e. The van der Waals surface area contributed by atoms with Gasteiger partial charge in [0.1, 0.15) is 11.6 Å². The smallest absolute Gasteiger partial charge is 0.381 e. The molecule has 0 fully saturated rings. The Balaban J connectivity index is 1.80. The first-order valence-electron chi connectivity index (χ1n) is 6.76. The Bertz CT molecular complexity index is 769. The number of hydrogen-bond acceptors (Lipinski definition) is 4. The lowest BCUT2D eigenvalue weighted by Gasteiger charge is -2.32. The lowest BCUT2D eigenvalue weighted by molar-refractivity contribution is -0.0563. The molecule has 4 nitrogen and oxygen atoms in total. The Morgan fingerprint density at radius 1 is 1.26 bits per heavy atom. The normalized spacial score (nSPS) is 24.4. The van der Waals surface area contributed by atoms with Gasteiger partial charge in [0.05, 0.1) is 12.2 Å². The molecule has 0 radical (unpaired) electrons. The molecule has 1 atom stereocenters. The molecule has 0 amide bonds. The highest BCUT2D eigenvalue weighted by Crippen LogP contribution is 2.46. The molecule has 2 aliphatic rings. The summed E-state index contributed by atoms with van der Waals surface area (Å²) in [4.78, 5) is 0. The molecule has 23 heavy (non-hydrogen) atoms. The van der Waals surface area contributed by atoms with E-state index in [0.29, 0.717) is 5.56 Å². The maximum Gasteiger partial charge on any atom is 0.534 e. The Morgan fingerprint density at radius 2 is 2.00 bits per heavy atom. The van der Waals surface area contributed by atoms with Gasteiger partial charge in [-0.2, -0.15) is 21.6 Å². The number of alkyl halides is 3. The zero-order valence-electron chi connectivity index (χ0n) is 11.7. The highest BCUT2D eigenvalue weighted by molar-refractivity contribution is 7.87. The van der Waals surface area contributed by atoms with E-state index in [1.165, 1.54) is 18.2 Å². The lowest BCUT2D eigenvalue weighted by Crippen LogP contribution is -2.30. The van der Waals surface area contributed by atoms with E-state index in [2.05, 4.69) is 4.18 Å². The molecule has 0 N–H and O–H groups in total. The Morgan fingerprint density at radius 3 is 2.61 bits per heavy atom. The van der Waals surface area contributed by atoms with Gasteiger partial charge in [-0.3, -0.25) is 0 Å². The van der Waals surface area contributed by atoms with E-state index in [1.54, 1.807) is 6.07 Å². The first-order valence-corrected chi connectivity index (χ1v) is 8.16. The van der Waals surface area contributed by atoms with Crippen LogP contribution in [-0.4, -0.2) is 13.9 Å². The molecular formula is C14H12F4O4S. The van der Waals surface area contributed by atoms with Gasteiger partial charge in [-0.15, -0.1) is 0 Å².